The van der Waals surface area contributed by atoms with Crippen LogP contribution in [0.5, 0.6) is 0 Å². The second-order valence-electron chi connectivity index (χ2n) is 5.67. The predicted molar refractivity (Wildman–Crippen MR) is 98.8 cm³/mol. The first-order chi connectivity index (χ1) is 12.0. The summed E-state index contributed by atoms with van der Waals surface area (Å²) in [6, 6.07) is 12.3. The Morgan fingerprint density at radius 2 is 2.00 bits per heavy atom. The number of amides is 1. The Morgan fingerprint density at radius 1 is 1.20 bits per heavy atom. The molecule has 6 heteroatoms. The summed E-state index contributed by atoms with van der Waals surface area (Å²) in [7, 11) is 0. The number of anilines is 1. The molecule has 0 spiro atoms. The van der Waals surface area contributed by atoms with Crippen LogP contribution in [0.1, 0.15) is 11.1 Å². The van der Waals surface area contributed by atoms with Crippen LogP contribution in [-0.4, -0.2) is 21.2 Å². The predicted octanol–water partition coefficient (Wildman–Crippen LogP) is 4.36. The summed E-state index contributed by atoms with van der Waals surface area (Å²) >= 11 is 1.31. The van der Waals surface area contributed by atoms with Crippen LogP contribution in [0.3, 0.4) is 0 Å². The highest BCUT2D eigenvalue weighted by molar-refractivity contribution is 7.99. The number of rotatable bonds is 5. The van der Waals surface area contributed by atoms with Gasteiger partial charge in [0.2, 0.25) is 5.91 Å². The van der Waals surface area contributed by atoms with E-state index in [1.165, 1.54) is 35.0 Å². The number of aromatic nitrogens is 2. The van der Waals surface area contributed by atoms with Gasteiger partial charge in [0.25, 0.3) is 0 Å². The number of nitrogens with zero attached hydrogens (tertiary/aromatic N) is 2. The minimum Gasteiger partial charge on any atom is -0.323 e. The van der Waals surface area contributed by atoms with Gasteiger partial charge in [-0.15, -0.1) is 0 Å². The summed E-state index contributed by atoms with van der Waals surface area (Å²) in [5.74, 6) is -0.571. The van der Waals surface area contributed by atoms with E-state index in [1.54, 1.807) is 18.3 Å². The number of carbonyl (C=O) groups is 1. The standard InChI is InChI=1S/C19H18FN3OS/c1-13-7-8-15(11-14(13)2)23-10-9-21-19(23)25-12-18(24)22-17-6-4-3-5-16(17)20/h3-11H,12H2,1-2H3,(H,22,24). The fraction of sp³-hybridized carbons (Fsp3) is 0.158. The van der Waals surface area contributed by atoms with E-state index in [-0.39, 0.29) is 17.3 Å². The summed E-state index contributed by atoms with van der Waals surface area (Å²) in [4.78, 5) is 16.4. The number of carbonyl (C=O) groups excluding carboxylic acids is 1. The molecule has 4 nitrogen and oxygen atoms in total. The number of halogens is 1. The second kappa shape index (κ2) is 7.53. The maximum Gasteiger partial charge on any atom is 0.234 e. The molecule has 0 aliphatic carbocycles. The van der Waals surface area contributed by atoms with Crippen molar-refractivity contribution in [1.82, 2.24) is 9.55 Å². The van der Waals surface area contributed by atoms with Crippen LogP contribution in [0, 0.1) is 19.7 Å². The topological polar surface area (TPSA) is 46.9 Å². The molecule has 1 N–H and O–H groups in total. The quantitative estimate of drug-likeness (QED) is 0.692. The van der Waals surface area contributed by atoms with Crippen molar-refractivity contribution in [1.29, 1.82) is 0 Å². The molecule has 25 heavy (non-hydrogen) atoms. The van der Waals surface area contributed by atoms with E-state index in [2.05, 4.69) is 36.3 Å². The molecule has 0 saturated heterocycles. The Balaban J connectivity index is 1.68. The van der Waals surface area contributed by atoms with Crippen molar-refractivity contribution < 1.29 is 9.18 Å². The summed E-state index contributed by atoms with van der Waals surface area (Å²) in [6.07, 6.45) is 3.56. The maximum absolute atomic E-state index is 13.6. The Kier molecular flexibility index (Phi) is 5.19. The molecule has 0 radical (unpaired) electrons. The van der Waals surface area contributed by atoms with Crippen LogP contribution >= 0.6 is 11.8 Å². The number of para-hydroxylation sites is 1. The first-order valence-electron chi connectivity index (χ1n) is 7.83. The average Bonchev–Trinajstić information content (AvgIpc) is 3.06. The molecule has 0 bridgehead atoms. The molecule has 3 rings (SSSR count). The number of imidazole rings is 1. The number of benzene rings is 2. The number of hydrogen-bond acceptors (Lipinski definition) is 3. The van der Waals surface area contributed by atoms with Gasteiger partial charge in [0.15, 0.2) is 5.16 Å². The molecular formula is C19H18FN3OS. The fourth-order valence-corrected chi connectivity index (χ4v) is 3.12. The lowest BCUT2D eigenvalue weighted by Crippen LogP contribution is -2.15. The molecule has 0 unspecified atom stereocenters. The number of nitrogens with one attached hydrogen (secondary N) is 1. The molecule has 128 valence electrons. The van der Waals surface area contributed by atoms with Gasteiger partial charge in [0, 0.05) is 18.1 Å². The van der Waals surface area contributed by atoms with Gasteiger partial charge in [-0.25, -0.2) is 9.37 Å². The normalized spacial score (nSPS) is 10.7. The van der Waals surface area contributed by atoms with Crippen molar-refractivity contribution >= 4 is 23.4 Å². The largest absolute Gasteiger partial charge is 0.323 e. The highest BCUT2D eigenvalue weighted by atomic mass is 32.2. The molecule has 1 amide bonds. The highest BCUT2D eigenvalue weighted by Crippen LogP contribution is 2.22. The van der Waals surface area contributed by atoms with Gasteiger partial charge in [-0.1, -0.05) is 30.0 Å². The lowest BCUT2D eigenvalue weighted by atomic mass is 10.1. The summed E-state index contributed by atoms with van der Waals surface area (Å²) < 4.78 is 15.5. The van der Waals surface area contributed by atoms with Crippen molar-refractivity contribution in [2.75, 3.05) is 11.1 Å². The van der Waals surface area contributed by atoms with E-state index in [9.17, 15) is 9.18 Å². The third-order valence-electron chi connectivity index (χ3n) is 3.86. The van der Waals surface area contributed by atoms with Gasteiger partial charge in [-0.2, -0.15) is 0 Å². The van der Waals surface area contributed by atoms with Crippen molar-refractivity contribution in [3.63, 3.8) is 0 Å². The van der Waals surface area contributed by atoms with Crippen LogP contribution in [0.25, 0.3) is 5.69 Å². The molecule has 0 saturated carbocycles. The highest BCUT2D eigenvalue weighted by Gasteiger charge is 2.11. The zero-order chi connectivity index (χ0) is 17.8. The Morgan fingerprint density at radius 3 is 2.76 bits per heavy atom. The molecule has 2 aromatic carbocycles. The number of aryl methyl sites for hydroxylation is 2. The molecule has 0 fully saturated rings. The minimum atomic E-state index is -0.447. The summed E-state index contributed by atoms with van der Waals surface area (Å²) in [6.45, 7) is 4.13. The first kappa shape index (κ1) is 17.2. The van der Waals surface area contributed by atoms with Crippen LogP contribution in [0.2, 0.25) is 0 Å². The van der Waals surface area contributed by atoms with Crippen LogP contribution < -0.4 is 5.32 Å². The second-order valence-corrected chi connectivity index (χ2v) is 6.61. The Hall–Kier alpha value is -2.60. The van der Waals surface area contributed by atoms with E-state index < -0.39 is 5.82 Å². The van der Waals surface area contributed by atoms with E-state index >= 15 is 0 Å². The monoisotopic (exact) mass is 355 g/mol. The van der Waals surface area contributed by atoms with Gasteiger partial charge in [0.05, 0.1) is 11.4 Å². The SMILES string of the molecule is Cc1ccc(-n2ccnc2SCC(=O)Nc2ccccc2F)cc1C. The van der Waals surface area contributed by atoms with Gasteiger partial charge >= 0.3 is 0 Å². The number of hydrogen-bond donors (Lipinski definition) is 1. The van der Waals surface area contributed by atoms with Crippen molar-refractivity contribution in [2.24, 2.45) is 0 Å². The lowest BCUT2D eigenvalue weighted by Gasteiger charge is -2.10. The van der Waals surface area contributed by atoms with E-state index in [4.69, 9.17) is 0 Å². The van der Waals surface area contributed by atoms with Crippen LogP contribution in [0.15, 0.2) is 60.0 Å². The molecule has 1 aromatic heterocycles. The third-order valence-corrected chi connectivity index (χ3v) is 4.82. The molecule has 0 aliphatic rings. The summed E-state index contributed by atoms with van der Waals surface area (Å²) in [5, 5.41) is 3.29. The van der Waals surface area contributed by atoms with Crippen LogP contribution in [0.4, 0.5) is 10.1 Å². The third kappa shape index (κ3) is 4.09. The van der Waals surface area contributed by atoms with E-state index in [0.717, 1.165) is 5.69 Å². The fourth-order valence-electron chi connectivity index (χ4n) is 2.35. The van der Waals surface area contributed by atoms with Crippen molar-refractivity contribution in [3.05, 3.63) is 71.8 Å². The van der Waals surface area contributed by atoms with E-state index in [1.807, 2.05) is 16.8 Å². The smallest absolute Gasteiger partial charge is 0.234 e. The van der Waals surface area contributed by atoms with Crippen molar-refractivity contribution in [2.45, 2.75) is 19.0 Å². The lowest BCUT2D eigenvalue weighted by molar-refractivity contribution is -0.113. The molecule has 3 aromatic rings. The molecule has 1 heterocycles. The van der Waals surface area contributed by atoms with E-state index in [0.29, 0.717) is 5.16 Å². The van der Waals surface area contributed by atoms with Gasteiger partial charge in [-0.3, -0.25) is 9.36 Å². The summed E-state index contributed by atoms with van der Waals surface area (Å²) in [5.41, 5.74) is 3.60. The zero-order valence-electron chi connectivity index (χ0n) is 14.0. The first-order valence-corrected chi connectivity index (χ1v) is 8.81. The molecule has 0 atom stereocenters. The van der Waals surface area contributed by atoms with Crippen LogP contribution in [-0.2, 0) is 4.79 Å². The Bertz CT molecular complexity index is 907. The average molecular weight is 355 g/mol. The maximum atomic E-state index is 13.6. The number of thioether (sulfide) groups is 1. The molecular weight excluding hydrogens is 337 g/mol. The zero-order valence-corrected chi connectivity index (χ0v) is 14.8. The Labute approximate surface area is 150 Å². The van der Waals surface area contributed by atoms with Gasteiger partial charge in [0.1, 0.15) is 5.82 Å². The van der Waals surface area contributed by atoms with Crippen molar-refractivity contribution in [3.8, 4) is 5.69 Å². The van der Waals surface area contributed by atoms with Gasteiger partial charge in [-0.05, 0) is 49.2 Å². The minimum absolute atomic E-state index is 0.149. The molecule has 0 aliphatic heterocycles. The van der Waals surface area contributed by atoms with Gasteiger partial charge < -0.3 is 5.32 Å².